The van der Waals surface area contributed by atoms with Crippen LogP contribution in [0.5, 0.6) is 28.7 Å². The van der Waals surface area contributed by atoms with E-state index in [1.807, 2.05) is 49.4 Å². The summed E-state index contributed by atoms with van der Waals surface area (Å²) in [6, 6.07) is 21.5. The molecular weight excluding hydrogens is 523 g/mol. The minimum atomic E-state index is -4.06. The van der Waals surface area contributed by atoms with E-state index in [2.05, 4.69) is 0 Å². The summed E-state index contributed by atoms with van der Waals surface area (Å²) in [5.41, 5.74) is 2.80. The van der Waals surface area contributed by atoms with E-state index in [1.165, 1.54) is 21.3 Å². The smallest absolute Gasteiger partial charge is 0.306 e. The second-order valence-corrected chi connectivity index (χ2v) is 10.3. The van der Waals surface area contributed by atoms with E-state index in [0.717, 1.165) is 17.4 Å². The van der Waals surface area contributed by atoms with Gasteiger partial charge in [0.25, 0.3) is 0 Å². The number of aryl methyl sites for hydroxylation is 1. The topological polar surface area (TPSA) is 80.3 Å². The lowest BCUT2D eigenvalue weighted by Crippen LogP contribution is -2.10. The molecule has 0 aliphatic rings. The molecule has 4 rings (SSSR count). The van der Waals surface area contributed by atoms with E-state index in [-0.39, 0.29) is 28.4 Å². The van der Waals surface area contributed by atoms with Gasteiger partial charge in [-0.3, -0.25) is 0 Å². The summed E-state index contributed by atoms with van der Waals surface area (Å²) < 4.78 is 68.9. The molecule has 4 aromatic rings. The Balaban J connectivity index is 1.92. The van der Waals surface area contributed by atoms with Crippen molar-refractivity contribution in [1.82, 2.24) is 0 Å². The van der Waals surface area contributed by atoms with Crippen molar-refractivity contribution in [3.63, 3.8) is 0 Å². The minimum Gasteiger partial charge on any atom is -0.493 e. The Morgan fingerprint density at radius 1 is 0.718 bits per heavy atom. The fourth-order valence-corrected chi connectivity index (χ4v) is 4.65. The summed E-state index contributed by atoms with van der Waals surface area (Å²) in [6.45, 7) is 2.20. The van der Waals surface area contributed by atoms with Gasteiger partial charge in [0.15, 0.2) is 34.6 Å². The largest absolute Gasteiger partial charge is 0.493 e. The Kier molecular flexibility index (Phi) is 8.30. The van der Waals surface area contributed by atoms with Crippen molar-refractivity contribution in [1.29, 1.82) is 0 Å². The zero-order valence-corrected chi connectivity index (χ0v) is 23.1. The molecule has 0 saturated heterocycles. The molecule has 0 N–H and O–H groups in total. The van der Waals surface area contributed by atoms with Crippen molar-refractivity contribution in [2.45, 2.75) is 13.5 Å². The number of methoxy groups -OCH3 is 3. The first-order valence-electron chi connectivity index (χ1n) is 12.0. The van der Waals surface area contributed by atoms with Crippen LogP contribution in [0.1, 0.15) is 11.1 Å². The lowest BCUT2D eigenvalue weighted by Gasteiger charge is -2.22. The lowest BCUT2D eigenvalue weighted by molar-refractivity contribution is 0.284. The normalized spacial score (nSPS) is 11.1. The van der Waals surface area contributed by atoms with Gasteiger partial charge in [0.1, 0.15) is 6.61 Å². The molecule has 0 bridgehead atoms. The number of rotatable bonds is 10. The molecule has 0 atom stereocenters. The van der Waals surface area contributed by atoms with Crippen LogP contribution >= 0.6 is 0 Å². The van der Waals surface area contributed by atoms with Gasteiger partial charge in [0.05, 0.1) is 38.7 Å². The van der Waals surface area contributed by atoms with Crippen LogP contribution in [-0.4, -0.2) is 36.0 Å². The van der Waals surface area contributed by atoms with Crippen LogP contribution < -0.4 is 23.1 Å². The SMILES string of the molecule is COc1cc(-c2c(OC)c(F)c(-c3ccc(C)cc3)c(OC)c2OS(C)(=O)=O)ccc1OCc1ccccc1. The highest BCUT2D eigenvalue weighted by Crippen LogP contribution is 2.53. The van der Waals surface area contributed by atoms with Crippen LogP contribution in [0.15, 0.2) is 72.8 Å². The lowest BCUT2D eigenvalue weighted by atomic mass is 9.95. The predicted molar refractivity (Wildman–Crippen MR) is 148 cm³/mol. The quantitative estimate of drug-likeness (QED) is 0.210. The number of benzene rings is 4. The fraction of sp³-hybridized carbons (Fsp3) is 0.200. The average molecular weight is 553 g/mol. The second-order valence-electron chi connectivity index (χ2n) is 8.75. The van der Waals surface area contributed by atoms with Crippen molar-refractivity contribution >= 4 is 10.1 Å². The standard InChI is InChI=1S/C30H29FO7S/c1-19-11-13-21(14-12-19)25-27(31)28(35-3)26(30(29(25)36-4)38-39(5,32)33)22-15-16-23(24(17-22)34-2)37-18-20-9-7-6-8-10-20/h6-17H,18H2,1-5H3. The van der Waals surface area contributed by atoms with Gasteiger partial charge >= 0.3 is 10.1 Å². The van der Waals surface area contributed by atoms with E-state index in [4.69, 9.17) is 23.1 Å². The summed E-state index contributed by atoms with van der Waals surface area (Å²) >= 11 is 0. The van der Waals surface area contributed by atoms with Crippen molar-refractivity contribution in [2.75, 3.05) is 27.6 Å². The van der Waals surface area contributed by atoms with Crippen LogP contribution in [0.2, 0.25) is 0 Å². The van der Waals surface area contributed by atoms with Crippen molar-refractivity contribution in [3.05, 3.63) is 89.7 Å². The minimum absolute atomic E-state index is 0.00605. The Morgan fingerprint density at radius 2 is 1.36 bits per heavy atom. The van der Waals surface area contributed by atoms with Gasteiger partial charge in [-0.05, 0) is 35.7 Å². The first-order valence-corrected chi connectivity index (χ1v) is 13.8. The number of ether oxygens (including phenoxy) is 4. The zero-order valence-electron chi connectivity index (χ0n) is 22.3. The van der Waals surface area contributed by atoms with E-state index < -0.39 is 15.9 Å². The van der Waals surface area contributed by atoms with Crippen LogP contribution in [0.4, 0.5) is 4.39 Å². The van der Waals surface area contributed by atoms with Gasteiger partial charge in [0.2, 0.25) is 0 Å². The second kappa shape index (κ2) is 11.7. The molecule has 0 aliphatic carbocycles. The zero-order chi connectivity index (χ0) is 28.2. The summed E-state index contributed by atoms with van der Waals surface area (Å²) in [6.07, 6.45) is 0.901. The molecule has 0 radical (unpaired) electrons. The molecule has 0 aliphatic heterocycles. The average Bonchev–Trinajstić information content (AvgIpc) is 2.92. The molecule has 0 spiro atoms. The fourth-order valence-electron chi connectivity index (χ4n) is 4.19. The molecule has 9 heteroatoms. The molecule has 0 fully saturated rings. The number of halogens is 1. The van der Waals surface area contributed by atoms with E-state index >= 15 is 4.39 Å². The predicted octanol–water partition coefficient (Wildman–Crippen LogP) is 6.41. The highest BCUT2D eigenvalue weighted by Gasteiger charge is 2.31. The monoisotopic (exact) mass is 552 g/mol. The van der Waals surface area contributed by atoms with E-state index in [9.17, 15) is 8.42 Å². The van der Waals surface area contributed by atoms with Crippen LogP contribution in [0.3, 0.4) is 0 Å². The van der Waals surface area contributed by atoms with Gasteiger partial charge in [-0.2, -0.15) is 8.42 Å². The maximum Gasteiger partial charge on any atom is 0.306 e. The highest BCUT2D eigenvalue weighted by molar-refractivity contribution is 7.86. The molecule has 0 unspecified atom stereocenters. The third-order valence-electron chi connectivity index (χ3n) is 5.98. The maximum atomic E-state index is 16.2. The van der Waals surface area contributed by atoms with Crippen molar-refractivity contribution < 1.29 is 35.9 Å². The molecule has 0 heterocycles. The third-order valence-corrected chi connectivity index (χ3v) is 6.45. The summed E-state index contributed by atoms with van der Waals surface area (Å²) in [7, 11) is 0.0288. The summed E-state index contributed by atoms with van der Waals surface area (Å²) in [5, 5.41) is 0. The number of hydrogen-bond donors (Lipinski definition) is 0. The van der Waals surface area contributed by atoms with Crippen molar-refractivity contribution in [2.24, 2.45) is 0 Å². The highest BCUT2D eigenvalue weighted by atomic mass is 32.2. The molecular formula is C30H29FO7S. The molecule has 0 amide bonds. The van der Waals surface area contributed by atoms with Gasteiger partial charge < -0.3 is 23.1 Å². The Hall–Kier alpha value is -4.24. The molecule has 7 nitrogen and oxygen atoms in total. The van der Waals surface area contributed by atoms with Crippen LogP contribution in [0, 0.1) is 12.7 Å². The van der Waals surface area contributed by atoms with Gasteiger partial charge in [-0.15, -0.1) is 0 Å². The van der Waals surface area contributed by atoms with E-state index in [0.29, 0.717) is 29.2 Å². The molecule has 0 aromatic heterocycles. The Labute approximate surface area is 227 Å². The van der Waals surface area contributed by atoms with Crippen LogP contribution in [0.25, 0.3) is 22.3 Å². The third kappa shape index (κ3) is 6.09. The van der Waals surface area contributed by atoms with Gasteiger partial charge in [0, 0.05) is 0 Å². The Bertz CT molecular complexity index is 1570. The van der Waals surface area contributed by atoms with Crippen LogP contribution in [-0.2, 0) is 16.7 Å². The molecule has 4 aromatic carbocycles. The van der Waals surface area contributed by atoms with Crippen molar-refractivity contribution in [3.8, 4) is 51.0 Å². The molecule has 39 heavy (non-hydrogen) atoms. The van der Waals surface area contributed by atoms with Gasteiger partial charge in [-0.25, -0.2) is 4.39 Å². The summed E-state index contributed by atoms with van der Waals surface area (Å²) in [4.78, 5) is 0. The van der Waals surface area contributed by atoms with Gasteiger partial charge in [-0.1, -0.05) is 66.2 Å². The maximum absolute atomic E-state index is 16.2. The molecule has 204 valence electrons. The first kappa shape index (κ1) is 27.8. The van der Waals surface area contributed by atoms with E-state index in [1.54, 1.807) is 30.3 Å². The molecule has 0 saturated carbocycles. The Morgan fingerprint density at radius 3 is 1.95 bits per heavy atom. The first-order chi connectivity index (χ1) is 18.7. The summed E-state index contributed by atoms with van der Waals surface area (Å²) in [5.74, 6) is -0.478. The number of hydrogen-bond acceptors (Lipinski definition) is 7.